The van der Waals surface area contributed by atoms with Crippen LogP contribution in [0.15, 0.2) is 53.9 Å². The van der Waals surface area contributed by atoms with Crippen LogP contribution in [0.1, 0.15) is 23.6 Å². The molecule has 0 atom stereocenters. The molecule has 9 heteroatoms. The molecule has 0 saturated carbocycles. The number of rotatable bonds is 6. The Morgan fingerprint density at radius 3 is 2.47 bits per heavy atom. The number of amides is 2. The fraction of sp³-hybridized carbons (Fsp3) is 0.190. The molecule has 0 aliphatic heterocycles. The van der Waals surface area contributed by atoms with Gasteiger partial charge in [-0.3, -0.25) is 9.59 Å². The third-order valence-corrected chi connectivity index (χ3v) is 4.92. The molecule has 0 fully saturated rings. The molecule has 1 aromatic heterocycles. The van der Waals surface area contributed by atoms with Crippen molar-refractivity contribution in [2.24, 2.45) is 0 Å². The summed E-state index contributed by atoms with van der Waals surface area (Å²) in [6.07, 6.45) is -4.63. The van der Waals surface area contributed by atoms with E-state index < -0.39 is 17.6 Å². The van der Waals surface area contributed by atoms with Crippen molar-refractivity contribution < 1.29 is 22.8 Å². The van der Waals surface area contributed by atoms with Crippen molar-refractivity contribution >= 4 is 28.3 Å². The van der Waals surface area contributed by atoms with Crippen LogP contribution in [-0.2, 0) is 28.7 Å². The van der Waals surface area contributed by atoms with E-state index in [0.717, 1.165) is 23.3 Å². The third-order valence-electron chi connectivity index (χ3n) is 4.16. The summed E-state index contributed by atoms with van der Waals surface area (Å²) in [6.45, 7) is 1.88. The van der Waals surface area contributed by atoms with Gasteiger partial charge >= 0.3 is 6.18 Å². The molecule has 30 heavy (non-hydrogen) atoms. The molecule has 0 unspecified atom stereocenters. The fourth-order valence-electron chi connectivity index (χ4n) is 2.69. The molecule has 0 bridgehead atoms. The Bertz CT molecular complexity index is 1050. The lowest BCUT2D eigenvalue weighted by Crippen LogP contribution is -2.18. The number of aromatic nitrogens is 1. The Labute approximate surface area is 175 Å². The van der Waals surface area contributed by atoms with Crippen molar-refractivity contribution in [3.63, 3.8) is 0 Å². The number of anilines is 1. The molecular formula is C21H18F3N3O2S. The predicted molar refractivity (Wildman–Crippen MR) is 109 cm³/mol. The molecule has 2 aromatic carbocycles. The zero-order chi connectivity index (χ0) is 21.7. The summed E-state index contributed by atoms with van der Waals surface area (Å²) in [7, 11) is 0. The summed E-state index contributed by atoms with van der Waals surface area (Å²) in [4.78, 5) is 27.5. The molecule has 3 rings (SSSR count). The van der Waals surface area contributed by atoms with Crippen molar-refractivity contribution in [3.05, 3.63) is 70.6 Å². The van der Waals surface area contributed by atoms with E-state index >= 15 is 0 Å². The minimum atomic E-state index is -4.45. The van der Waals surface area contributed by atoms with Gasteiger partial charge in [-0.05, 0) is 17.2 Å². The average Bonchev–Trinajstić information content (AvgIpc) is 3.14. The van der Waals surface area contributed by atoms with E-state index in [1.807, 2.05) is 24.3 Å². The number of nitrogens with one attached hydrogen (secondary N) is 2. The highest BCUT2D eigenvalue weighted by Crippen LogP contribution is 2.30. The minimum Gasteiger partial charge on any atom is -0.352 e. The van der Waals surface area contributed by atoms with Crippen LogP contribution in [0.5, 0.6) is 0 Å². The standard InChI is InChI=1S/C21H18F3N3O2S/c1-13(28)25-11-14-5-7-16(8-6-14)18-12-30-20(26-18)27-19(29)10-15-3-2-4-17(9-15)21(22,23)24/h2-9,12H,10-11H2,1H3,(H,25,28)(H,26,27,29). The van der Waals surface area contributed by atoms with Crippen LogP contribution < -0.4 is 10.6 Å². The summed E-state index contributed by atoms with van der Waals surface area (Å²) in [5.74, 6) is -0.551. The highest BCUT2D eigenvalue weighted by atomic mass is 32.1. The number of hydrogen-bond acceptors (Lipinski definition) is 4. The van der Waals surface area contributed by atoms with E-state index in [9.17, 15) is 22.8 Å². The lowest BCUT2D eigenvalue weighted by Gasteiger charge is -2.08. The largest absolute Gasteiger partial charge is 0.416 e. The number of nitrogens with zero attached hydrogens (tertiary/aromatic N) is 1. The molecule has 3 aromatic rings. The quantitative estimate of drug-likeness (QED) is 0.595. The minimum absolute atomic E-state index is 0.107. The van der Waals surface area contributed by atoms with Gasteiger partial charge in [0.05, 0.1) is 17.7 Å². The summed E-state index contributed by atoms with van der Waals surface area (Å²) >= 11 is 1.23. The molecule has 0 aliphatic carbocycles. The monoisotopic (exact) mass is 433 g/mol. The summed E-state index contributed by atoms with van der Waals surface area (Å²) < 4.78 is 38.4. The molecule has 2 N–H and O–H groups in total. The van der Waals surface area contributed by atoms with Crippen LogP contribution >= 0.6 is 11.3 Å². The van der Waals surface area contributed by atoms with E-state index in [0.29, 0.717) is 17.4 Å². The van der Waals surface area contributed by atoms with Gasteiger partial charge in [-0.1, -0.05) is 42.5 Å². The van der Waals surface area contributed by atoms with E-state index in [1.165, 1.54) is 30.4 Å². The van der Waals surface area contributed by atoms with Gasteiger partial charge in [0.1, 0.15) is 0 Å². The van der Waals surface area contributed by atoms with E-state index in [4.69, 9.17) is 0 Å². The van der Waals surface area contributed by atoms with Crippen LogP contribution in [0.3, 0.4) is 0 Å². The van der Waals surface area contributed by atoms with Gasteiger partial charge in [0.15, 0.2) is 5.13 Å². The molecule has 156 valence electrons. The maximum Gasteiger partial charge on any atom is 0.416 e. The predicted octanol–water partition coefficient (Wildman–Crippen LogP) is 4.65. The van der Waals surface area contributed by atoms with Gasteiger partial charge in [0, 0.05) is 24.4 Å². The Kier molecular flexibility index (Phi) is 6.51. The first-order valence-corrected chi connectivity index (χ1v) is 9.84. The van der Waals surface area contributed by atoms with Crippen molar-refractivity contribution in [3.8, 4) is 11.3 Å². The van der Waals surface area contributed by atoms with E-state index in [-0.39, 0.29) is 17.9 Å². The van der Waals surface area contributed by atoms with Gasteiger partial charge in [0.2, 0.25) is 11.8 Å². The average molecular weight is 433 g/mol. The van der Waals surface area contributed by atoms with Gasteiger partial charge in [-0.25, -0.2) is 4.98 Å². The zero-order valence-corrected chi connectivity index (χ0v) is 16.7. The van der Waals surface area contributed by atoms with Gasteiger partial charge in [-0.15, -0.1) is 11.3 Å². The second kappa shape index (κ2) is 9.08. The molecule has 1 heterocycles. The number of carbonyl (C=O) groups excluding carboxylic acids is 2. The lowest BCUT2D eigenvalue weighted by atomic mass is 10.1. The Morgan fingerprint density at radius 2 is 1.80 bits per heavy atom. The van der Waals surface area contributed by atoms with E-state index in [2.05, 4.69) is 15.6 Å². The van der Waals surface area contributed by atoms with Crippen molar-refractivity contribution in [1.29, 1.82) is 0 Å². The maximum atomic E-state index is 12.8. The van der Waals surface area contributed by atoms with Crippen LogP contribution in [0, 0.1) is 0 Å². The molecular weight excluding hydrogens is 415 g/mol. The number of hydrogen-bond donors (Lipinski definition) is 2. The first-order valence-electron chi connectivity index (χ1n) is 8.96. The van der Waals surface area contributed by atoms with Gasteiger partial charge in [-0.2, -0.15) is 13.2 Å². The second-order valence-corrected chi connectivity index (χ2v) is 7.43. The zero-order valence-electron chi connectivity index (χ0n) is 15.9. The molecule has 0 radical (unpaired) electrons. The Hall–Kier alpha value is -3.20. The molecule has 0 saturated heterocycles. The number of halogens is 3. The second-order valence-electron chi connectivity index (χ2n) is 6.57. The summed E-state index contributed by atoms with van der Waals surface area (Å²) in [5.41, 5.74) is 1.94. The first kappa shape index (κ1) is 21.5. The van der Waals surface area contributed by atoms with Gasteiger partial charge < -0.3 is 10.6 Å². The van der Waals surface area contributed by atoms with Crippen LogP contribution in [-0.4, -0.2) is 16.8 Å². The van der Waals surface area contributed by atoms with Crippen molar-refractivity contribution in [1.82, 2.24) is 10.3 Å². The maximum absolute atomic E-state index is 12.8. The molecule has 5 nitrogen and oxygen atoms in total. The SMILES string of the molecule is CC(=O)NCc1ccc(-c2csc(NC(=O)Cc3cccc(C(F)(F)F)c3)n2)cc1. The molecule has 2 amide bonds. The number of alkyl halides is 3. The fourth-order valence-corrected chi connectivity index (χ4v) is 3.43. The molecule has 0 aliphatic rings. The van der Waals surface area contributed by atoms with E-state index in [1.54, 1.807) is 5.38 Å². The van der Waals surface area contributed by atoms with Crippen molar-refractivity contribution in [2.45, 2.75) is 26.1 Å². The lowest BCUT2D eigenvalue weighted by molar-refractivity contribution is -0.137. The van der Waals surface area contributed by atoms with Crippen molar-refractivity contribution in [2.75, 3.05) is 5.32 Å². The normalized spacial score (nSPS) is 11.2. The highest BCUT2D eigenvalue weighted by Gasteiger charge is 2.30. The van der Waals surface area contributed by atoms with Crippen LogP contribution in [0.2, 0.25) is 0 Å². The topological polar surface area (TPSA) is 71.1 Å². The number of thiazole rings is 1. The third kappa shape index (κ3) is 5.90. The number of benzene rings is 2. The van der Waals surface area contributed by atoms with Crippen LogP contribution in [0.25, 0.3) is 11.3 Å². The van der Waals surface area contributed by atoms with Gasteiger partial charge in [0.25, 0.3) is 0 Å². The Balaban J connectivity index is 1.61. The smallest absolute Gasteiger partial charge is 0.352 e. The first-order chi connectivity index (χ1) is 14.2. The van der Waals surface area contributed by atoms with Crippen LogP contribution in [0.4, 0.5) is 18.3 Å². The summed E-state index contributed by atoms with van der Waals surface area (Å²) in [5, 5.41) is 7.48. The number of carbonyl (C=O) groups is 2. The molecule has 0 spiro atoms. The Morgan fingerprint density at radius 1 is 1.07 bits per heavy atom. The summed E-state index contributed by atoms with van der Waals surface area (Å²) in [6, 6.07) is 12.2. The highest BCUT2D eigenvalue weighted by molar-refractivity contribution is 7.14.